The lowest BCUT2D eigenvalue weighted by molar-refractivity contribution is -0.142. The summed E-state index contributed by atoms with van der Waals surface area (Å²) < 4.78 is 79.9. The van der Waals surface area contributed by atoms with E-state index >= 15 is 0 Å². The molecule has 148 valence electrons. The Bertz CT molecular complexity index is 812. The van der Waals surface area contributed by atoms with Crippen molar-refractivity contribution < 1.29 is 31.4 Å². The maximum atomic E-state index is 13.3. The van der Waals surface area contributed by atoms with Crippen LogP contribution in [0.15, 0.2) is 24.3 Å². The number of hydrogen-bond acceptors (Lipinski definition) is 3. The standard InChI is InChI=1S/C18H18F6N2O/c19-17(20,21)13-5-3-4-10-11(8-15(18(22,23)24)26-16(10)13)12(9-27)14-6-1-2-7-25-14/h3-5,8,12,14,25,27H,1-2,6-7,9H2. The number of aliphatic hydroxyl groups excluding tert-OH is 1. The van der Waals surface area contributed by atoms with E-state index in [-0.39, 0.29) is 17.0 Å². The van der Waals surface area contributed by atoms with Crippen molar-refractivity contribution in [3.8, 4) is 0 Å². The average Bonchev–Trinajstić information content (AvgIpc) is 2.61. The Labute approximate surface area is 151 Å². The van der Waals surface area contributed by atoms with Gasteiger partial charge in [-0.15, -0.1) is 0 Å². The summed E-state index contributed by atoms with van der Waals surface area (Å²) in [4.78, 5) is 3.29. The molecular weight excluding hydrogens is 374 g/mol. The minimum absolute atomic E-state index is 0.0238. The van der Waals surface area contributed by atoms with Crippen LogP contribution >= 0.6 is 0 Å². The topological polar surface area (TPSA) is 45.2 Å². The van der Waals surface area contributed by atoms with Crippen LogP contribution in [0.2, 0.25) is 0 Å². The first-order valence-corrected chi connectivity index (χ1v) is 8.55. The Morgan fingerprint density at radius 3 is 2.41 bits per heavy atom. The fourth-order valence-corrected chi connectivity index (χ4v) is 3.62. The highest BCUT2D eigenvalue weighted by molar-refractivity contribution is 5.86. The van der Waals surface area contributed by atoms with Crippen molar-refractivity contribution >= 4 is 10.9 Å². The van der Waals surface area contributed by atoms with E-state index in [1.165, 1.54) is 6.07 Å². The van der Waals surface area contributed by atoms with Gasteiger partial charge in [0.25, 0.3) is 0 Å². The molecule has 27 heavy (non-hydrogen) atoms. The molecular formula is C18H18F6N2O. The van der Waals surface area contributed by atoms with Crippen molar-refractivity contribution in [2.45, 2.75) is 43.6 Å². The molecule has 0 aliphatic carbocycles. The number of nitrogens with one attached hydrogen (secondary N) is 1. The number of fused-ring (bicyclic) bond motifs is 1. The van der Waals surface area contributed by atoms with Crippen LogP contribution in [-0.4, -0.2) is 29.3 Å². The van der Waals surface area contributed by atoms with E-state index in [0.717, 1.165) is 25.0 Å². The molecule has 1 fully saturated rings. The molecule has 3 nitrogen and oxygen atoms in total. The molecule has 0 bridgehead atoms. The summed E-state index contributed by atoms with van der Waals surface area (Å²) >= 11 is 0. The number of hydrogen-bond donors (Lipinski definition) is 2. The van der Waals surface area contributed by atoms with Gasteiger partial charge in [-0.3, -0.25) is 0 Å². The predicted molar refractivity (Wildman–Crippen MR) is 87.2 cm³/mol. The van der Waals surface area contributed by atoms with Gasteiger partial charge in [0.05, 0.1) is 17.7 Å². The van der Waals surface area contributed by atoms with Gasteiger partial charge in [0.1, 0.15) is 5.69 Å². The van der Waals surface area contributed by atoms with E-state index in [1.54, 1.807) is 0 Å². The number of benzene rings is 1. The number of alkyl halides is 6. The van der Waals surface area contributed by atoms with Crippen molar-refractivity contribution in [3.63, 3.8) is 0 Å². The Hall–Kier alpha value is -1.87. The average molecular weight is 392 g/mol. The van der Waals surface area contributed by atoms with Crippen molar-refractivity contribution in [1.29, 1.82) is 0 Å². The summed E-state index contributed by atoms with van der Waals surface area (Å²) in [6, 6.07) is 3.63. The monoisotopic (exact) mass is 392 g/mol. The summed E-state index contributed by atoms with van der Waals surface area (Å²) in [6.45, 7) is 0.161. The molecule has 1 aromatic carbocycles. The SMILES string of the molecule is OCC(c1cc(C(F)(F)F)nc2c(C(F)(F)F)cccc12)C1CCCCN1. The Kier molecular flexibility index (Phi) is 5.36. The van der Waals surface area contributed by atoms with E-state index in [9.17, 15) is 31.4 Å². The van der Waals surface area contributed by atoms with Gasteiger partial charge in [0.2, 0.25) is 0 Å². The number of halogens is 6. The fraction of sp³-hybridized carbons (Fsp3) is 0.500. The van der Waals surface area contributed by atoms with Gasteiger partial charge in [-0.05, 0) is 37.1 Å². The lowest BCUT2D eigenvalue weighted by Gasteiger charge is -2.31. The molecule has 1 aliphatic heterocycles. The first-order chi connectivity index (χ1) is 12.6. The van der Waals surface area contributed by atoms with Crippen LogP contribution in [0.1, 0.15) is 42.0 Å². The van der Waals surface area contributed by atoms with Gasteiger partial charge in [-0.1, -0.05) is 18.6 Å². The summed E-state index contributed by atoms with van der Waals surface area (Å²) in [6.07, 6.45) is -7.39. The summed E-state index contributed by atoms with van der Waals surface area (Å²) in [7, 11) is 0. The van der Waals surface area contributed by atoms with Crippen LogP contribution in [0.25, 0.3) is 10.9 Å². The van der Waals surface area contributed by atoms with E-state index in [0.29, 0.717) is 19.0 Å². The highest BCUT2D eigenvalue weighted by Crippen LogP contribution is 2.40. The molecule has 0 radical (unpaired) electrons. The van der Waals surface area contributed by atoms with Gasteiger partial charge in [0.15, 0.2) is 0 Å². The molecule has 1 aromatic heterocycles. The Balaban J connectivity index is 2.26. The zero-order valence-corrected chi connectivity index (χ0v) is 14.2. The molecule has 0 amide bonds. The molecule has 2 aromatic rings. The second-order valence-corrected chi connectivity index (χ2v) is 6.64. The number of piperidine rings is 1. The number of aliphatic hydroxyl groups is 1. The number of para-hydroxylation sites is 1. The summed E-state index contributed by atoms with van der Waals surface area (Å²) in [5.74, 6) is -0.764. The Morgan fingerprint density at radius 2 is 1.85 bits per heavy atom. The molecule has 2 N–H and O–H groups in total. The van der Waals surface area contributed by atoms with Gasteiger partial charge in [0, 0.05) is 17.3 Å². The molecule has 3 rings (SSSR count). The number of nitrogens with zero attached hydrogens (tertiary/aromatic N) is 1. The van der Waals surface area contributed by atoms with Gasteiger partial charge in [-0.25, -0.2) is 4.98 Å². The van der Waals surface area contributed by atoms with E-state index < -0.39 is 41.7 Å². The van der Waals surface area contributed by atoms with Crippen molar-refractivity contribution in [2.75, 3.05) is 13.2 Å². The molecule has 9 heteroatoms. The molecule has 0 spiro atoms. The third-order valence-corrected chi connectivity index (χ3v) is 4.90. The third-order valence-electron chi connectivity index (χ3n) is 4.90. The quantitative estimate of drug-likeness (QED) is 0.757. The van der Waals surface area contributed by atoms with E-state index in [4.69, 9.17) is 0 Å². The second-order valence-electron chi connectivity index (χ2n) is 6.64. The Morgan fingerprint density at radius 1 is 1.11 bits per heavy atom. The van der Waals surface area contributed by atoms with Crippen LogP contribution < -0.4 is 5.32 Å². The maximum Gasteiger partial charge on any atom is 0.433 e. The number of aromatic nitrogens is 1. The van der Waals surface area contributed by atoms with Gasteiger partial charge >= 0.3 is 12.4 Å². The summed E-state index contributed by atoms with van der Waals surface area (Å²) in [5.41, 5.74) is -3.33. The van der Waals surface area contributed by atoms with Crippen molar-refractivity contribution in [3.05, 3.63) is 41.1 Å². The van der Waals surface area contributed by atoms with Crippen LogP contribution in [-0.2, 0) is 12.4 Å². The minimum atomic E-state index is -4.90. The second kappa shape index (κ2) is 7.27. The van der Waals surface area contributed by atoms with E-state index in [2.05, 4.69) is 10.3 Å². The first kappa shape index (κ1) is 19.9. The molecule has 1 saturated heterocycles. The first-order valence-electron chi connectivity index (χ1n) is 8.55. The molecule has 2 unspecified atom stereocenters. The summed E-state index contributed by atoms with van der Waals surface area (Å²) in [5, 5.41) is 13.0. The van der Waals surface area contributed by atoms with Gasteiger partial charge in [-0.2, -0.15) is 26.3 Å². The van der Waals surface area contributed by atoms with Crippen LogP contribution in [0, 0.1) is 0 Å². The molecule has 2 atom stereocenters. The molecule has 0 saturated carbocycles. The predicted octanol–water partition coefficient (Wildman–Crippen LogP) is 4.49. The maximum absolute atomic E-state index is 13.3. The van der Waals surface area contributed by atoms with Crippen LogP contribution in [0.4, 0.5) is 26.3 Å². The van der Waals surface area contributed by atoms with Crippen LogP contribution in [0.3, 0.4) is 0 Å². The lowest BCUT2D eigenvalue weighted by atomic mass is 9.84. The van der Waals surface area contributed by atoms with Gasteiger partial charge < -0.3 is 10.4 Å². The lowest BCUT2D eigenvalue weighted by Crippen LogP contribution is -2.40. The van der Waals surface area contributed by atoms with Crippen LogP contribution in [0.5, 0.6) is 0 Å². The van der Waals surface area contributed by atoms with Crippen molar-refractivity contribution in [1.82, 2.24) is 10.3 Å². The number of rotatable bonds is 3. The zero-order valence-electron chi connectivity index (χ0n) is 14.2. The molecule has 1 aliphatic rings. The zero-order chi connectivity index (χ0) is 19.8. The third kappa shape index (κ3) is 4.03. The minimum Gasteiger partial charge on any atom is -0.396 e. The normalized spacial score (nSPS) is 20.0. The highest BCUT2D eigenvalue weighted by atomic mass is 19.4. The molecule has 2 heterocycles. The van der Waals surface area contributed by atoms with Crippen molar-refractivity contribution in [2.24, 2.45) is 0 Å². The number of pyridine rings is 1. The fourth-order valence-electron chi connectivity index (χ4n) is 3.62. The largest absolute Gasteiger partial charge is 0.433 e. The highest BCUT2D eigenvalue weighted by Gasteiger charge is 2.38. The van der Waals surface area contributed by atoms with E-state index in [1.807, 2.05) is 0 Å². The smallest absolute Gasteiger partial charge is 0.396 e.